The molecule has 86 valence electrons. The summed E-state index contributed by atoms with van der Waals surface area (Å²) in [6.45, 7) is 2.76. The molecule has 2 rings (SSSR count). The molecule has 1 aromatic carbocycles. The molecular formula is C13H16ClNS. The Labute approximate surface area is 107 Å². The molecule has 0 aliphatic heterocycles. The number of hydrogen-bond donors (Lipinski definition) is 1. The minimum Gasteiger partial charge on any atom is -0.326 e. The Kier molecular flexibility index (Phi) is 5.00. The first-order valence-corrected chi connectivity index (χ1v) is 5.98. The highest BCUT2D eigenvalue weighted by Crippen LogP contribution is 2.17. The van der Waals surface area contributed by atoms with Crippen LogP contribution >= 0.6 is 23.7 Å². The number of aryl methyl sites for hydroxylation is 1. The van der Waals surface area contributed by atoms with E-state index in [1.807, 2.05) is 0 Å². The third-order valence-corrected chi connectivity index (χ3v) is 3.45. The molecule has 0 atom stereocenters. The lowest BCUT2D eigenvalue weighted by Crippen LogP contribution is -1.92. The van der Waals surface area contributed by atoms with Crippen molar-refractivity contribution in [1.82, 2.24) is 0 Å². The van der Waals surface area contributed by atoms with Crippen molar-refractivity contribution < 1.29 is 0 Å². The topological polar surface area (TPSA) is 26.0 Å². The summed E-state index contributed by atoms with van der Waals surface area (Å²) in [7, 11) is 0. The van der Waals surface area contributed by atoms with Gasteiger partial charge in [0.05, 0.1) is 0 Å². The van der Waals surface area contributed by atoms with E-state index in [9.17, 15) is 0 Å². The second kappa shape index (κ2) is 6.04. The second-order valence-corrected chi connectivity index (χ2v) is 4.78. The van der Waals surface area contributed by atoms with Crippen molar-refractivity contribution in [1.29, 1.82) is 0 Å². The molecule has 3 heteroatoms. The van der Waals surface area contributed by atoms with E-state index in [1.54, 1.807) is 11.3 Å². The molecular weight excluding hydrogens is 238 g/mol. The van der Waals surface area contributed by atoms with Crippen molar-refractivity contribution in [3.05, 3.63) is 57.3 Å². The van der Waals surface area contributed by atoms with Gasteiger partial charge in [-0.1, -0.05) is 29.8 Å². The van der Waals surface area contributed by atoms with Gasteiger partial charge in [0, 0.05) is 11.4 Å². The van der Waals surface area contributed by atoms with E-state index in [4.69, 9.17) is 5.73 Å². The Hall–Kier alpha value is -0.830. The molecule has 1 aromatic heterocycles. The summed E-state index contributed by atoms with van der Waals surface area (Å²) in [6.07, 6.45) is 1.01. The molecule has 0 fully saturated rings. The van der Waals surface area contributed by atoms with Crippen LogP contribution in [-0.2, 0) is 13.0 Å². The summed E-state index contributed by atoms with van der Waals surface area (Å²) in [5.41, 5.74) is 9.63. The smallest absolute Gasteiger partial charge is 0.0273 e. The number of rotatable bonds is 3. The van der Waals surface area contributed by atoms with Crippen LogP contribution in [0.25, 0.3) is 0 Å². The van der Waals surface area contributed by atoms with Crippen LogP contribution in [0.5, 0.6) is 0 Å². The lowest BCUT2D eigenvalue weighted by atomic mass is 10.1. The average Bonchev–Trinajstić information content (AvgIpc) is 2.69. The lowest BCUT2D eigenvalue weighted by molar-refractivity contribution is 1.10. The SMILES string of the molecule is Cc1ccc(Cc2csc(CN)c2)cc1.Cl. The van der Waals surface area contributed by atoms with Crippen LogP contribution < -0.4 is 5.73 Å². The summed E-state index contributed by atoms with van der Waals surface area (Å²) >= 11 is 1.75. The van der Waals surface area contributed by atoms with Gasteiger partial charge in [-0.15, -0.1) is 23.7 Å². The minimum atomic E-state index is 0. The van der Waals surface area contributed by atoms with Crippen molar-refractivity contribution in [2.24, 2.45) is 5.73 Å². The molecule has 0 bridgehead atoms. The molecule has 0 spiro atoms. The van der Waals surface area contributed by atoms with E-state index < -0.39 is 0 Å². The fraction of sp³-hybridized carbons (Fsp3) is 0.231. The van der Waals surface area contributed by atoms with Gasteiger partial charge in [0.15, 0.2) is 0 Å². The van der Waals surface area contributed by atoms with Crippen molar-refractivity contribution in [3.8, 4) is 0 Å². The summed E-state index contributed by atoms with van der Waals surface area (Å²) < 4.78 is 0. The van der Waals surface area contributed by atoms with E-state index in [1.165, 1.54) is 21.6 Å². The summed E-state index contributed by atoms with van der Waals surface area (Å²) in [4.78, 5) is 1.26. The van der Waals surface area contributed by atoms with Crippen molar-refractivity contribution >= 4 is 23.7 Å². The Balaban J connectivity index is 0.00000128. The van der Waals surface area contributed by atoms with Crippen molar-refractivity contribution in [2.75, 3.05) is 0 Å². The zero-order chi connectivity index (χ0) is 10.7. The molecule has 0 radical (unpaired) electrons. The fourth-order valence-electron chi connectivity index (χ4n) is 1.57. The monoisotopic (exact) mass is 253 g/mol. The fourth-order valence-corrected chi connectivity index (χ4v) is 2.34. The molecule has 1 heterocycles. The van der Waals surface area contributed by atoms with Gasteiger partial charge in [-0.2, -0.15) is 0 Å². The number of thiophene rings is 1. The molecule has 0 aliphatic rings. The van der Waals surface area contributed by atoms with Crippen LogP contribution in [0.3, 0.4) is 0 Å². The van der Waals surface area contributed by atoms with Gasteiger partial charge in [0.2, 0.25) is 0 Å². The maximum atomic E-state index is 5.59. The molecule has 0 saturated heterocycles. The molecule has 0 amide bonds. The zero-order valence-electron chi connectivity index (χ0n) is 9.27. The predicted octanol–water partition coefficient (Wildman–Crippen LogP) is 3.53. The van der Waals surface area contributed by atoms with E-state index in [2.05, 4.69) is 42.6 Å². The maximum Gasteiger partial charge on any atom is 0.0273 e. The van der Waals surface area contributed by atoms with Gasteiger partial charge in [-0.3, -0.25) is 0 Å². The second-order valence-electron chi connectivity index (χ2n) is 3.79. The van der Waals surface area contributed by atoms with Crippen LogP contribution in [0, 0.1) is 6.92 Å². The van der Waals surface area contributed by atoms with E-state index >= 15 is 0 Å². The standard InChI is InChI=1S/C13H15NS.ClH/c1-10-2-4-11(5-3-10)6-12-7-13(8-14)15-9-12;/h2-5,7,9H,6,8,14H2,1H3;1H. The first-order chi connectivity index (χ1) is 7.28. The summed E-state index contributed by atoms with van der Waals surface area (Å²) in [6, 6.07) is 10.9. The van der Waals surface area contributed by atoms with Gasteiger partial charge in [-0.05, 0) is 35.9 Å². The van der Waals surface area contributed by atoms with E-state index in [0.29, 0.717) is 6.54 Å². The van der Waals surface area contributed by atoms with Crippen LogP contribution in [0.15, 0.2) is 35.7 Å². The first-order valence-electron chi connectivity index (χ1n) is 5.10. The Morgan fingerprint density at radius 3 is 2.38 bits per heavy atom. The average molecular weight is 254 g/mol. The molecule has 2 N–H and O–H groups in total. The molecule has 1 nitrogen and oxygen atoms in total. The normalized spacial score (nSPS) is 9.88. The number of nitrogens with two attached hydrogens (primary N) is 1. The quantitative estimate of drug-likeness (QED) is 0.890. The summed E-state index contributed by atoms with van der Waals surface area (Å²) in [5.74, 6) is 0. The largest absolute Gasteiger partial charge is 0.326 e. The maximum absolute atomic E-state index is 5.59. The van der Waals surface area contributed by atoms with Crippen LogP contribution in [0.4, 0.5) is 0 Å². The Morgan fingerprint density at radius 2 is 1.81 bits per heavy atom. The first kappa shape index (κ1) is 13.2. The van der Waals surface area contributed by atoms with Gasteiger partial charge in [0.1, 0.15) is 0 Å². The van der Waals surface area contributed by atoms with Gasteiger partial charge in [-0.25, -0.2) is 0 Å². The van der Waals surface area contributed by atoms with E-state index in [-0.39, 0.29) is 12.4 Å². The highest BCUT2D eigenvalue weighted by molar-refractivity contribution is 7.10. The van der Waals surface area contributed by atoms with Gasteiger partial charge in [0.25, 0.3) is 0 Å². The highest BCUT2D eigenvalue weighted by Gasteiger charge is 1.99. The van der Waals surface area contributed by atoms with Crippen molar-refractivity contribution in [2.45, 2.75) is 19.9 Å². The van der Waals surface area contributed by atoms with E-state index in [0.717, 1.165) is 6.42 Å². The third-order valence-electron chi connectivity index (χ3n) is 2.44. The van der Waals surface area contributed by atoms with Crippen LogP contribution in [0.1, 0.15) is 21.6 Å². The van der Waals surface area contributed by atoms with Gasteiger partial charge < -0.3 is 5.73 Å². The molecule has 16 heavy (non-hydrogen) atoms. The zero-order valence-corrected chi connectivity index (χ0v) is 10.9. The molecule has 0 unspecified atom stereocenters. The summed E-state index contributed by atoms with van der Waals surface area (Å²) in [5, 5.41) is 2.20. The Morgan fingerprint density at radius 1 is 1.12 bits per heavy atom. The number of halogens is 1. The highest BCUT2D eigenvalue weighted by atomic mass is 35.5. The van der Waals surface area contributed by atoms with Crippen molar-refractivity contribution in [3.63, 3.8) is 0 Å². The predicted molar refractivity (Wildman–Crippen MR) is 73.4 cm³/mol. The minimum absolute atomic E-state index is 0. The van der Waals surface area contributed by atoms with Crippen LogP contribution in [0.2, 0.25) is 0 Å². The Bertz CT molecular complexity index is 433. The van der Waals surface area contributed by atoms with Crippen LogP contribution in [-0.4, -0.2) is 0 Å². The van der Waals surface area contributed by atoms with Gasteiger partial charge >= 0.3 is 0 Å². The lowest BCUT2D eigenvalue weighted by Gasteiger charge is -1.99. The number of hydrogen-bond acceptors (Lipinski definition) is 2. The number of benzene rings is 1. The third kappa shape index (κ3) is 3.34. The molecule has 0 aliphatic carbocycles. The molecule has 2 aromatic rings. The molecule has 0 saturated carbocycles.